The van der Waals surface area contributed by atoms with Gasteiger partial charge in [-0.05, 0) is 43.4 Å². The zero-order valence-corrected chi connectivity index (χ0v) is 12.1. The largest absolute Gasteiger partial charge is 0.363 e. The maximum absolute atomic E-state index is 4.45. The number of rotatable bonds is 2. The lowest BCUT2D eigenvalue weighted by atomic mass is 9.88. The van der Waals surface area contributed by atoms with Gasteiger partial charge < -0.3 is 10.3 Å². The first-order valence-electron chi connectivity index (χ1n) is 7.46. The number of anilines is 1. The Morgan fingerprint density at radius 1 is 1.24 bits per heavy atom. The van der Waals surface area contributed by atoms with Crippen LogP contribution in [0.15, 0.2) is 36.7 Å². The Kier molecular flexibility index (Phi) is 2.88. The number of hydrogen-bond acceptors (Lipinski definition) is 3. The average molecular weight is 278 g/mol. The second kappa shape index (κ2) is 4.88. The van der Waals surface area contributed by atoms with E-state index in [1.165, 1.54) is 24.0 Å². The van der Waals surface area contributed by atoms with Crippen molar-refractivity contribution in [1.82, 2.24) is 15.0 Å². The van der Waals surface area contributed by atoms with Gasteiger partial charge >= 0.3 is 0 Å². The van der Waals surface area contributed by atoms with Gasteiger partial charge in [-0.3, -0.25) is 0 Å². The second-order valence-electron chi connectivity index (χ2n) is 5.72. The molecule has 0 radical (unpaired) electrons. The molecule has 106 valence electrons. The molecule has 2 N–H and O–H groups in total. The third-order valence-corrected chi connectivity index (χ3v) is 4.24. The van der Waals surface area contributed by atoms with Crippen molar-refractivity contribution in [1.29, 1.82) is 0 Å². The SMILES string of the molecule is Cc1cc2c(N[C@H]3CCCc4ccccc43)ncnc2[nH]1. The van der Waals surface area contributed by atoms with Crippen LogP contribution in [0.5, 0.6) is 0 Å². The van der Waals surface area contributed by atoms with Crippen LogP contribution in [-0.4, -0.2) is 15.0 Å². The summed E-state index contributed by atoms with van der Waals surface area (Å²) in [6.45, 7) is 2.04. The molecule has 21 heavy (non-hydrogen) atoms. The second-order valence-corrected chi connectivity index (χ2v) is 5.72. The van der Waals surface area contributed by atoms with Gasteiger partial charge in [0, 0.05) is 5.69 Å². The smallest absolute Gasteiger partial charge is 0.143 e. The van der Waals surface area contributed by atoms with E-state index in [0.717, 1.165) is 29.0 Å². The van der Waals surface area contributed by atoms with Crippen molar-refractivity contribution in [3.05, 3.63) is 53.5 Å². The molecule has 1 aromatic carbocycles. The number of hydrogen-bond donors (Lipinski definition) is 2. The minimum atomic E-state index is 0.336. The van der Waals surface area contributed by atoms with Crippen LogP contribution < -0.4 is 5.32 Å². The normalized spacial score (nSPS) is 17.7. The molecule has 0 fully saturated rings. The predicted octanol–water partition coefficient (Wildman–Crippen LogP) is 3.76. The van der Waals surface area contributed by atoms with Crippen LogP contribution in [0.4, 0.5) is 5.82 Å². The van der Waals surface area contributed by atoms with Crippen LogP contribution in [0.2, 0.25) is 0 Å². The number of nitrogens with one attached hydrogen (secondary N) is 2. The van der Waals surface area contributed by atoms with Crippen molar-refractivity contribution in [2.24, 2.45) is 0 Å². The van der Waals surface area contributed by atoms with E-state index in [0.29, 0.717) is 6.04 Å². The highest BCUT2D eigenvalue weighted by Gasteiger charge is 2.20. The maximum atomic E-state index is 4.45. The third-order valence-electron chi connectivity index (χ3n) is 4.24. The third kappa shape index (κ3) is 2.17. The molecule has 1 aliphatic carbocycles. The number of aromatic amines is 1. The molecule has 0 saturated heterocycles. The van der Waals surface area contributed by atoms with Gasteiger partial charge in [0.25, 0.3) is 0 Å². The van der Waals surface area contributed by atoms with Crippen molar-refractivity contribution < 1.29 is 0 Å². The summed E-state index contributed by atoms with van der Waals surface area (Å²) in [5, 5.41) is 4.69. The van der Waals surface area contributed by atoms with Crippen molar-refractivity contribution in [2.45, 2.75) is 32.2 Å². The highest BCUT2D eigenvalue weighted by molar-refractivity contribution is 5.87. The molecular weight excluding hydrogens is 260 g/mol. The molecule has 3 aromatic rings. The summed E-state index contributed by atoms with van der Waals surface area (Å²) in [5.74, 6) is 0.922. The van der Waals surface area contributed by atoms with Crippen LogP contribution in [0.3, 0.4) is 0 Å². The molecule has 2 aromatic heterocycles. The first-order chi connectivity index (χ1) is 10.3. The lowest BCUT2D eigenvalue weighted by Crippen LogP contribution is -2.18. The fraction of sp³-hybridized carbons (Fsp3) is 0.294. The Labute approximate surface area is 123 Å². The van der Waals surface area contributed by atoms with E-state index in [-0.39, 0.29) is 0 Å². The van der Waals surface area contributed by atoms with Gasteiger partial charge in [0.05, 0.1) is 11.4 Å². The van der Waals surface area contributed by atoms with Crippen molar-refractivity contribution in [3.63, 3.8) is 0 Å². The summed E-state index contributed by atoms with van der Waals surface area (Å²) >= 11 is 0. The van der Waals surface area contributed by atoms with Crippen LogP contribution in [-0.2, 0) is 6.42 Å². The molecule has 1 aliphatic rings. The first-order valence-corrected chi connectivity index (χ1v) is 7.46. The quantitative estimate of drug-likeness (QED) is 0.750. The van der Waals surface area contributed by atoms with Crippen LogP contribution in [0.1, 0.15) is 35.7 Å². The molecule has 0 amide bonds. The van der Waals surface area contributed by atoms with Gasteiger partial charge in [-0.1, -0.05) is 24.3 Å². The zero-order chi connectivity index (χ0) is 14.2. The summed E-state index contributed by atoms with van der Waals surface area (Å²) in [6.07, 6.45) is 5.16. The van der Waals surface area contributed by atoms with Gasteiger partial charge in [0.15, 0.2) is 0 Å². The molecule has 4 rings (SSSR count). The molecule has 4 nitrogen and oxygen atoms in total. The topological polar surface area (TPSA) is 53.6 Å². The molecule has 0 bridgehead atoms. The predicted molar refractivity (Wildman–Crippen MR) is 84.4 cm³/mol. The van der Waals surface area contributed by atoms with Crippen LogP contribution >= 0.6 is 0 Å². The molecule has 4 heteroatoms. The summed E-state index contributed by atoms with van der Waals surface area (Å²) in [6, 6.07) is 11.1. The van der Waals surface area contributed by atoms with Crippen LogP contribution in [0, 0.1) is 6.92 Å². The molecule has 1 atom stereocenters. The Hall–Kier alpha value is -2.36. The molecule has 0 spiro atoms. The number of nitrogens with zero attached hydrogens (tertiary/aromatic N) is 2. The molecule has 0 aliphatic heterocycles. The number of fused-ring (bicyclic) bond motifs is 2. The summed E-state index contributed by atoms with van der Waals surface area (Å²) in [7, 11) is 0. The number of aryl methyl sites for hydroxylation is 2. The summed E-state index contributed by atoms with van der Waals surface area (Å²) in [4.78, 5) is 12.0. The van der Waals surface area contributed by atoms with Crippen molar-refractivity contribution in [3.8, 4) is 0 Å². The molecule has 0 unspecified atom stereocenters. The molecular formula is C17H18N4. The highest BCUT2D eigenvalue weighted by Crippen LogP contribution is 2.33. The summed E-state index contributed by atoms with van der Waals surface area (Å²) in [5.41, 5.74) is 4.87. The highest BCUT2D eigenvalue weighted by atomic mass is 15.1. The number of H-pyrrole nitrogens is 1. The van der Waals surface area contributed by atoms with E-state index in [1.54, 1.807) is 6.33 Å². The van der Waals surface area contributed by atoms with Crippen LogP contribution in [0.25, 0.3) is 11.0 Å². The van der Waals surface area contributed by atoms with Gasteiger partial charge in [-0.25, -0.2) is 9.97 Å². The number of benzene rings is 1. The zero-order valence-electron chi connectivity index (χ0n) is 12.1. The maximum Gasteiger partial charge on any atom is 0.143 e. The average Bonchev–Trinajstić information content (AvgIpc) is 2.89. The lowest BCUT2D eigenvalue weighted by Gasteiger charge is -2.26. The molecule has 2 heterocycles. The van der Waals surface area contributed by atoms with E-state index in [4.69, 9.17) is 0 Å². The standard InChI is InChI=1S/C17H18N4/c1-11-9-14-16(20-11)18-10-19-17(14)21-15-8-4-6-12-5-2-3-7-13(12)15/h2-3,5,7,9-10,15H,4,6,8H2,1H3,(H2,18,19,20,21)/t15-/m0/s1. The fourth-order valence-corrected chi connectivity index (χ4v) is 3.26. The Morgan fingerprint density at radius 2 is 2.14 bits per heavy atom. The van der Waals surface area contributed by atoms with E-state index >= 15 is 0 Å². The van der Waals surface area contributed by atoms with Gasteiger partial charge in [-0.2, -0.15) is 0 Å². The van der Waals surface area contributed by atoms with Gasteiger partial charge in [-0.15, -0.1) is 0 Å². The summed E-state index contributed by atoms with van der Waals surface area (Å²) < 4.78 is 0. The molecule has 0 saturated carbocycles. The van der Waals surface area contributed by atoms with E-state index in [2.05, 4.69) is 50.6 Å². The fourth-order valence-electron chi connectivity index (χ4n) is 3.26. The monoisotopic (exact) mass is 278 g/mol. The van der Waals surface area contributed by atoms with E-state index in [9.17, 15) is 0 Å². The van der Waals surface area contributed by atoms with Gasteiger partial charge in [0.2, 0.25) is 0 Å². The minimum Gasteiger partial charge on any atom is -0.363 e. The Bertz CT molecular complexity index is 790. The minimum absolute atomic E-state index is 0.336. The number of aromatic nitrogens is 3. The van der Waals surface area contributed by atoms with E-state index < -0.39 is 0 Å². The Balaban J connectivity index is 1.73. The van der Waals surface area contributed by atoms with Crippen molar-refractivity contribution in [2.75, 3.05) is 5.32 Å². The Morgan fingerprint density at radius 3 is 3.10 bits per heavy atom. The lowest BCUT2D eigenvalue weighted by molar-refractivity contribution is 0.599. The van der Waals surface area contributed by atoms with Gasteiger partial charge in [0.1, 0.15) is 17.8 Å². The first kappa shape index (κ1) is 12.4. The van der Waals surface area contributed by atoms with E-state index in [1.807, 2.05) is 6.92 Å². The van der Waals surface area contributed by atoms with Crippen molar-refractivity contribution >= 4 is 16.9 Å².